The van der Waals surface area contributed by atoms with Crippen molar-refractivity contribution in [1.29, 1.82) is 0 Å². The summed E-state index contributed by atoms with van der Waals surface area (Å²) >= 11 is 0. The monoisotopic (exact) mass is 1380 g/mol. The number of rotatable bonds is 6. The van der Waals surface area contributed by atoms with Crippen molar-refractivity contribution in [3.8, 4) is 89.0 Å². The largest absolute Gasteiger partial charge is 0.456 e. The normalized spacial score (nSPS) is 13.3. The molecule has 0 atom stereocenters. The Morgan fingerprint density at radius 1 is 0.183 bits per heavy atom. The lowest BCUT2D eigenvalue weighted by Gasteiger charge is -2.25. The molecule has 1 heteroatoms. The SMILES string of the molecule is CC1(C)c2ccc3ccccc3c2-c2cccc(-c3ccc(-c4c5ccccc5c(-c5cc6ccc7ccccc7c6c6ccccc56)c5ccccc45)cc3)c21.CC1(C)c2ccc3ccccc3c2-c2cccc(-c3ccc(-c4c5ccccc5c(-c5ccc6oc7ccccc7c6c5)c5ccccc45)cc3)c21. The minimum atomic E-state index is -0.119. The Kier molecular flexibility index (Phi) is 13.9. The van der Waals surface area contributed by atoms with Crippen LogP contribution in [0.2, 0.25) is 0 Å². The first-order valence-electron chi connectivity index (χ1n) is 38.3. The van der Waals surface area contributed by atoms with Gasteiger partial charge in [0.25, 0.3) is 0 Å². The molecule has 0 N–H and O–H groups in total. The third kappa shape index (κ3) is 9.40. The molecule has 0 saturated heterocycles. The van der Waals surface area contributed by atoms with E-state index in [9.17, 15) is 0 Å². The Labute approximate surface area is 632 Å². The van der Waals surface area contributed by atoms with Crippen molar-refractivity contribution in [2.45, 2.75) is 38.5 Å². The van der Waals surface area contributed by atoms with E-state index in [1.54, 1.807) is 0 Å². The van der Waals surface area contributed by atoms with E-state index in [2.05, 4.69) is 380 Å². The highest BCUT2D eigenvalue weighted by atomic mass is 16.3. The van der Waals surface area contributed by atoms with E-state index < -0.39 is 0 Å². The van der Waals surface area contributed by atoms with Crippen molar-refractivity contribution in [3.63, 3.8) is 0 Å². The van der Waals surface area contributed by atoms with Crippen LogP contribution in [0.3, 0.4) is 0 Å². The van der Waals surface area contributed by atoms with Crippen LogP contribution in [0.5, 0.6) is 0 Å². The van der Waals surface area contributed by atoms with Crippen molar-refractivity contribution >= 4 is 119 Å². The molecular formula is C108H72O. The Balaban J connectivity index is 0.000000135. The zero-order chi connectivity index (χ0) is 72.4. The summed E-state index contributed by atoms with van der Waals surface area (Å²) in [5.74, 6) is 0. The van der Waals surface area contributed by atoms with E-state index in [1.165, 1.54) is 208 Å². The highest BCUT2D eigenvalue weighted by molar-refractivity contribution is 6.29. The van der Waals surface area contributed by atoms with Crippen LogP contribution in [0.15, 0.2) is 368 Å². The van der Waals surface area contributed by atoms with Crippen molar-refractivity contribution < 1.29 is 4.42 Å². The van der Waals surface area contributed by atoms with Crippen molar-refractivity contribution in [2.75, 3.05) is 0 Å². The summed E-state index contributed by atoms with van der Waals surface area (Å²) in [5, 5.41) is 25.4. The van der Waals surface area contributed by atoms with Gasteiger partial charge in [-0.3, -0.25) is 0 Å². The fourth-order valence-electron chi connectivity index (χ4n) is 19.9. The van der Waals surface area contributed by atoms with E-state index >= 15 is 0 Å². The first-order chi connectivity index (χ1) is 53.6. The van der Waals surface area contributed by atoms with Crippen LogP contribution in [-0.2, 0) is 10.8 Å². The smallest absolute Gasteiger partial charge is 0.135 e. The standard InChI is InChI=1S/C57H38.C51H34O/c1-57(2)51-33-32-36-15-4-6-17-41(36)55(51)49-25-13-24-42(56(49)57)37-26-29-38(30-27-37)52-45-20-9-11-22-47(45)54(48-23-12-10-21-46(48)52)50-34-39-31-28-35-14-3-5-16-40(35)53(39)44-19-8-7-18-43(44)50;1-51(2)44-28-26-31-12-3-4-13-35(31)49(44)42-20-11-19-36(50(42)51)32-22-24-33(25-23-32)47-38-15-5-7-17-40(38)48(41-18-8-6-16-39(41)47)34-27-29-46-43(30-34)37-14-9-10-21-45(37)52-46/h3-34H,1-2H3;3-30H,1-2H3. The number of fused-ring (bicyclic) bond motifs is 22. The fourth-order valence-corrected chi connectivity index (χ4v) is 19.9. The molecule has 510 valence electrons. The quantitative estimate of drug-likeness (QED) is 0.119. The van der Waals surface area contributed by atoms with Gasteiger partial charge in [0, 0.05) is 21.6 Å². The number of hydrogen-bond acceptors (Lipinski definition) is 1. The predicted molar refractivity (Wildman–Crippen MR) is 465 cm³/mol. The number of benzene rings is 20. The lowest BCUT2D eigenvalue weighted by atomic mass is 9.78. The second-order valence-electron chi connectivity index (χ2n) is 31.1. The van der Waals surface area contributed by atoms with Crippen LogP contribution in [-0.4, -0.2) is 0 Å². The molecule has 1 heterocycles. The predicted octanol–water partition coefficient (Wildman–Crippen LogP) is 30.3. The van der Waals surface area contributed by atoms with Gasteiger partial charge in [0.05, 0.1) is 0 Å². The highest BCUT2D eigenvalue weighted by Crippen LogP contribution is 2.58. The number of para-hydroxylation sites is 1. The average Bonchev–Trinajstić information content (AvgIpc) is 1.51. The van der Waals surface area contributed by atoms with Crippen LogP contribution in [0.4, 0.5) is 0 Å². The van der Waals surface area contributed by atoms with Crippen LogP contribution in [0.1, 0.15) is 49.9 Å². The van der Waals surface area contributed by atoms with Crippen molar-refractivity contribution in [1.82, 2.24) is 0 Å². The molecule has 0 spiro atoms. The number of furan rings is 1. The highest BCUT2D eigenvalue weighted by Gasteiger charge is 2.40. The van der Waals surface area contributed by atoms with E-state index in [4.69, 9.17) is 4.42 Å². The molecular weight excluding hydrogens is 1310 g/mol. The molecule has 21 aromatic rings. The third-order valence-corrected chi connectivity index (χ3v) is 24.6. The Morgan fingerprint density at radius 2 is 0.514 bits per heavy atom. The van der Waals surface area contributed by atoms with Gasteiger partial charge in [-0.2, -0.15) is 0 Å². The maximum atomic E-state index is 6.21. The van der Waals surface area contributed by atoms with Gasteiger partial charge in [-0.1, -0.05) is 367 Å². The van der Waals surface area contributed by atoms with Gasteiger partial charge >= 0.3 is 0 Å². The van der Waals surface area contributed by atoms with Crippen LogP contribution < -0.4 is 0 Å². The summed E-state index contributed by atoms with van der Waals surface area (Å²) in [6.45, 7) is 9.56. The van der Waals surface area contributed by atoms with Gasteiger partial charge in [-0.25, -0.2) is 0 Å². The van der Waals surface area contributed by atoms with Crippen LogP contribution >= 0.6 is 0 Å². The Hall–Kier alpha value is -13.5. The fraction of sp³-hybridized carbons (Fsp3) is 0.0556. The summed E-state index contributed by atoms with van der Waals surface area (Å²) in [7, 11) is 0. The molecule has 109 heavy (non-hydrogen) atoms. The summed E-state index contributed by atoms with van der Waals surface area (Å²) in [6.07, 6.45) is 0. The minimum absolute atomic E-state index is 0.113. The second-order valence-corrected chi connectivity index (χ2v) is 31.1. The van der Waals surface area contributed by atoms with Crippen molar-refractivity contribution in [3.05, 3.63) is 386 Å². The molecule has 0 aliphatic heterocycles. The molecule has 2 aliphatic rings. The molecule has 1 nitrogen and oxygen atoms in total. The topological polar surface area (TPSA) is 13.1 Å². The number of hydrogen-bond donors (Lipinski definition) is 0. The summed E-state index contributed by atoms with van der Waals surface area (Å²) in [4.78, 5) is 0. The zero-order valence-electron chi connectivity index (χ0n) is 61.0. The maximum Gasteiger partial charge on any atom is 0.135 e. The lowest BCUT2D eigenvalue weighted by molar-refractivity contribution is 0.662. The Bertz CT molecular complexity index is 7330. The zero-order valence-corrected chi connectivity index (χ0v) is 61.0. The van der Waals surface area contributed by atoms with Gasteiger partial charge in [0.2, 0.25) is 0 Å². The second kappa shape index (κ2) is 24.0. The summed E-state index contributed by atoms with van der Waals surface area (Å²) in [6, 6.07) is 135. The molecule has 23 rings (SSSR count). The van der Waals surface area contributed by atoms with Gasteiger partial charge in [0.15, 0.2) is 0 Å². The van der Waals surface area contributed by atoms with Crippen molar-refractivity contribution in [2.24, 2.45) is 0 Å². The molecule has 2 aliphatic carbocycles. The first kappa shape index (κ1) is 62.9. The lowest BCUT2D eigenvalue weighted by Crippen LogP contribution is -2.16. The van der Waals surface area contributed by atoms with Gasteiger partial charge in [0.1, 0.15) is 11.2 Å². The molecule has 1 aromatic heterocycles. The molecule has 0 radical (unpaired) electrons. The van der Waals surface area contributed by atoms with Crippen LogP contribution in [0, 0.1) is 0 Å². The molecule has 0 amide bonds. The van der Waals surface area contributed by atoms with Gasteiger partial charge in [-0.15, -0.1) is 0 Å². The summed E-state index contributed by atoms with van der Waals surface area (Å²) < 4.78 is 6.21. The molecule has 0 saturated carbocycles. The Morgan fingerprint density at radius 3 is 0.991 bits per heavy atom. The van der Waals surface area contributed by atoms with Gasteiger partial charge < -0.3 is 4.42 Å². The first-order valence-corrected chi connectivity index (χ1v) is 38.3. The van der Waals surface area contributed by atoms with Gasteiger partial charge in [-0.05, 0) is 232 Å². The van der Waals surface area contributed by atoms with E-state index in [0.717, 1.165) is 21.9 Å². The van der Waals surface area contributed by atoms with E-state index in [-0.39, 0.29) is 10.8 Å². The summed E-state index contributed by atoms with van der Waals surface area (Å²) in [5.41, 5.74) is 27.9. The molecule has 0 bridgehead atoms. The van der Waals surface area contributed by atoms with Crippen LogP contribution in [0.25, 0.3) is 208 Å². The average molecular weight is 1390 g/mol. The molecule has 20 aromatic carbocycles. The van der Waals surface area contributed by atoms with E-state index in [0.29, 0.717) is 0 Å². The molecule has 0 fully saturated rings. The minimum Gasteiger partial charge on any atom is -0.456 e. The third-order valence-electron chi connectivity index (χ3n) is 24.6. The molecule has 0 unspecified atom stereocenters. The van der Waals surface area contributed by atoms with E-state index in [1.807, 2.05) is 12.1 Å². The maximum absolute atomic E-state index is 6.21.